The Hall–Kier alpha value is -2.36. The zero-order valence-corrected chi connectivity index (χ0v) is 19.3. The first-order chi connectivity index (χ1) is 13.8. The molecule has 0 saturated carbocycles. The largest absolute Gasteiger partial charge is 0.494 e. The number of pyridine rings is 1. The second kappa shape index (κ2) is 12.3. The molecule has 0 atom stereocenters. The van der Waals surface area contributed by atoms with E-state index in [1.165, 1.54) is 0 Å². The first kappa shape index (κ1) is 22.9. The van der Waals surface area contributed by atoms with Crippen LogP contribution in [0.5, 0.6) is 5.75 Å². The van der Waals surface area contributed by atoms with E-state index < -0.39 is 0 Å². The van der Waals surface area contributed by atoms with E-state index in [-0.39, 0.29) is 24.0 Å². The lowest BCUT2D eigenvalue weighted by molar-refractivity contribution is 0.309. The van der Waals surface area contributed by atoms with E-state index in [4.69, 9.17) is 4.74 Å². The van der Waals surface area contributed by atoms with Gasteiger partial charge < -0.3 is 15.4 Å². The molecule has 7 nitrogen and oxygen atoms in total. The summed E-state index contributed by atoms with van der Waals surface area (Å²) in [5, 5.41) is 15.0. The topological polar surface area (TPSA) is 75.8 Å². The highest BCUT2D eigenvalue weighted by molar-refractivity contribution is 14.0. The Kier molecular flexibility index (Phi) is 9.69. The van der Waals surface area contributed by atoms with E-state index in [9.17, 15) is 0 Å². The zero-order valence-electron chi connectivity index (χ0n) is 17.0. The standard InChI is InChI=1S/C21H28N6O.HI/c1-3-5-13-28-18-10-8-9-17(14-18)15-23-21(22-4-2)24-16-20-26-25-19-11-6-7-12-27(19)20;/h6-12,14H,3-5,13,15-16H2,1-2H3,(H2,22,23,24);1H. The highest BCUT2D eigenvalue weighted by atomic mass is 127. The Labute approximate surface area is 189 Å². The van der Waals surface area contributed by atoms with Gasteiger partial charge in [0.05, 0.1) is 19.7 Å². The lowest BCUT2D eigenvalue weighted by Crippen LogP contribution is -2.37. The number of guanidine groups is 1. The van der Waals surface area contributed by atoms with Crippen LogP contribution < -0.4 is 15.4 Å². The molecule has 0 bridgehead atoms. The van der Waals surface area contributed by atoms with Crippen LogP contribution in [-0.2, 0) is 13.1 Å². The monoisotopic (exact) mass is 508 g/mol. The third-order valence-electron chi connectivity index (χ3n) is 4.23. The summed E-state index contributed by atoms with van der Waals surface area (Å²) in [4.78, 5) is 4.68. The van der Waals surface area contributed by atoms with Crippen molar-refractivity contribution in [2.24, 2.45) is 4.99 Å². The number of halogens is 1. The molecule has 0 radical (unpaired) electrons. The Balaban J connectivity index is 0.00000300. The number of fused-ring (bicyclic) bond motifs is 1. The van der Waals surface area contributed by atoms with E-state index in [1.54, 1.807) is 0 Å². The van der Waals surface area contributed by atoms with Crippen LogP contribution in [-0.4, -0.2) is 33.7 Å². The van der Waals surface area contributed by atoms with Gasteiger partial charge in [0.15, 0.2) is 17.4 Å². The third kappa shape index (κ3) is 6.88. The number of hydrogen-bond acceptors (Lipinski definition) is 4. The zero-order chi connectivity index (χ0) is 19.6. The molecule has 8 heteroatoms. The van der Waals surface area contributed by atoms with E-state index in [2.05, 4.69) is 44.9 Å². The van der Waals surface area contributed by atoms with Crippen molar-refractivity contribution in [3.8, 4) is 5.75 Å². The molecule has 0 spiro atoms. The normalized spacial score (nSPS) is 11.2. The average molecular weight is 508 g/mol. The molecule has 2 N–H and O–H groups in total. The van der Waals surface area contributed by atoms with Crippen LogP contribution in [0.25, 0.3) is 5.65 Å². The van der Waals surface area contributed by atoms with E-state index in [1.807, 2.05) is 47.9 Å². The Morgan fingerprint density at radius 3 is 2.83 bits per heavy atom. The Morgan fingerprint density at radius 2 is 2.00 bits per heavy atom. The minimum absolute atomic E-state index is 0. The van der Waals surface area contributed by atoms with Crippen molar-refractivity contribution in [1.29, 1.82) is 0 Å². The average Bonchev–Trinajstić information content (AvgIpc) is 3.14. The van der Waals surface area contributed by atoms with Crippen LogP contribution in [0.15, 0.2) is 53.7 Å². The van der Waals surface area contributed by atoms with Crippen molar-refractivity contribution in [2.75, 3.05) is 13.2 Å². The van der Waals surface area contributed by atoms with Crippen LogP contribution in [0.1, 0.15) is 38.1 Å². The molecule has 0 aliphatic rings. The van der Waals surface area contributed by atoms with Gasteiger partial charge in [0.2, 0.25) is 0 Å². The molecule has 3 aromatic rings. The number of unbranched alkanes of at least 4 members (excludes halogenated alkanes) is 1. The van der Waals surface area contributed by atoms with Crippen molar-refractivity contribution < 1.29 is 4.74 Å². The van der Waals surface area contributed by atoms with Gasteiger partial charge in [-0.05, 0) is 43.2 Å². The number of nitrogens with one attached hydrogen (secondary N) is 2. The molecular weight excluding hydrogens is 479 g/mol. The van der Waals surface area contributed by atoms with Crippen LogP contribution in [0.4, 0.5) is 0 Å². The third-order valence-corrected chi connectivity index (χ3v) is 4.23. The maximum atomic E-state index is 5.78. The van der Waals surface area contributed by atoms with E-state index >= 15 is 0 Å². The van der Waals surface area contributed by atoms with Crippen LogP contribution in [0.3, 0.4) is 0 Å². The number of benzene rings is 1. The number of hydrogen-bond donors (Lipinski definition) is 2. The molecule has 156 valence electrons. The highest BCUT2D eigenvalue weighted by Gasteiger charge is 2.06. The molecule has 0 aliphatic heterocycles. The fraction of sp³-hybridized carbons (Fsp3) is 0.381. The fourth-order valence-corrected chi connectivity index (χ4v) is 2.75. The number of nitrogens with zero attached hydrogens (tertiary/aromatic N) is 4. The lowest BCUT2D eigenvalue weighted by atomic mass is 10.2. The van der Waals surface area contributed by atoms with Crippen molar-refractivity contribution in [3.63, 3.8) is 0 Å². The first-order valence-electron chi connectivity index (χ1n) is 9.82. The van der Waals surface area contributed by atoms with Gasteiger partial charge in [0, 0.05) is 12.7 Å². The molecule has 0 fully saturated rings. The SMILES string of the molecule is CCCCOc1cccc(CN=C(NCC)NCc2nnc3ccccn23)c1.I. The van der Waals surface area contributed by atoms with Crippen LogP contribution >= 0.6 is 24.0 Å². The minimum Gasteiger partial charge on any atom is -0.494 e. The van der Waals surface area contributed by atoms with Crippen molar-refractivity contribution in [3.05, 3.63) is 60.0 Å². The summed E-state index contributed by atoms with van der Waals surface area (Å²) in [6.07, 6.45) is 4.15. The number of rotatable bonds is 9. The summed E-state index contributed by atoms with van der Waals surface area (Å²) in [7, 11) is 0. The van der Waals surface area contributed by atoms with Gasteiger partial charge in [0.1, 0.15) is 5.75 Å². The lowest BCUT2D eigenvalue weighted by Gasteiger charge is -2.11. The molecule has 29 heavy (non-hydrogen) atoms. The Morgan fingerprint density at radius 1 is 1.10 bits per heavy atom. The molecule has 0 aliphatic carbocycles. The highest BCUT2D eigenvalue weighted by Crippen LogP contribution is 2.14. The summed E-state index contributed by atoms with van der Waals surface area (Å²) in [6.45, 7) is 6.85. The first-order valence-corrected chi connectivity index (χ1v) is 9.82. The molecule has 2 aromatic heterocycles. The van der Waals surface area contributed by atoms with Gasteiger partial charge in [-0.2, -0.15) is 0 Å². The van der Waals surface area contributed by atoms with E-state index in [0.717, 1.165) is 54.7 Å². The number of aliphatic imine (C=N–C) groups is 1. The van der Waals surface area contributed by atoms with Crippen LogP contribution in [0, 0.1) is 0 Å². The number of aromatic nitrogens is 3. The molecule has 0 unspecified atom stereocenters. The fourth-order valence-electron chi connectivity index (χ4n) is 2.75. The molecule has 0 amide bonds. The second-order valence-corrected chi connectivity index (χ2v) is 6.44. The predicted molar refractivity (Wildman–Crippen MR) is 127 cm³/mol. The molecule has 2 heterocycles. The van der Waals surface area contributed by atoms with Gasteiger partial charge in [-0.1, -0.05) is 31.5 Å². The predicted octanol–water partition coefficient (Wildman–Crippen LogP) is 3.78. The van der Waals surface area contributed by atoms with Gasteiger partial charge in [-0.15, -0.1) is 34.2 Å². The molecule has 1 aromatic carbocycles. The number of ether oxygens (including phenoxy) is 1. The van der Waals surface area contributed by atoms with Gasteiger partial charge >= 0.3 is 0 Å². The molecule has 0 saturated heterocycles. The maximum absolute atomic E-state index is 5.78. The summed E-state index contributed by atoms with van der Waals surface area (Å²) in [6, 6.07) is 14.0. The Bertz CT molecular complexity index is 911. The van der Waals surface area contributed by atoms with Gasteiger partial charge in [-0.3, -0.25) is 4.40 Å². The quantitative estimate of drug-likeness (QED) is 0.199. The summed E-state index contributed by atoms with van der Waals surface area (Å²) in [5.41, 5.74) is 1.94. The van der Waals surface area contributed by atoms with Crippen molar-refractivity contribution >= 4 is 35.6 Å². The van der Waals surface area contributed by atoms with Crippen molar-refractivity contribution in [2.45, 2.75) is 39.8 Å². The summed E-state index contributed by atoms with van der Waals surface area (Å²) >= 11 is 0. The van der Waals surface area contributed by atoms with Gasteiger partial charge in [-0.25, -0.2) is 4.99 Å². The molecule has 3 rings (SSSR count). The maximum Gasteiger partial charge on any atom is 0.191 e. The van der Waals surface area contributed by atoms with Crippen LogP contribution in [0.2, 0.25) is 0 Å². The molecular formula is C21H29IN6O. The second-order valence-electron chi connectivity index (χ2n) is 6.44. The van der Waals surface area contributed by atoms with Gasteiger partial charge in [0.25, 0.3) is 0 Å². The summed E-state index contributed by atoms with van der Waals surface area (Å²) < 4.78 is 7.75. The summed E-state index contributed by atoms with van der Waals surface area (Å²) in [5.74, 6) is 2.48. The van der Waals surface area contributed by atoms with Crippen molar-refractivity contribution in [1.82, 2.24) is 25.2 Å². The smallest absolute Gasteiger partial charge is 0.191 e. The minimum atomic E-state index is 0. The van der Waals surface area contributed by atoms with E-state index in [0.29, 0.717) is 13.1 Å².